The van der Waals surface area contributed by atoms with Crippen molar-refractivity contribution in [2.75, 3.05) is 13.1 Å². The third-order valence-electron chi connectivity index (χ3n) is 3.59. The van der Waals surface area contributed by atoms with Gasteiger partial charge in [-0.3, -0.25) is 4.90 Å². The number of thiophene rings is 1. The van der Waals surface area contributed by atoms with Gasteiger partial charge in [0.2, 0.25) is 0 Å². The molecule has 0 spiro atoms. The molecule has 3 heteroatoms. The number of rotatable bonds is 2. The average molecular weight is 260 g/mol. The molecule has 0 amide bonds. The summed E-state index contributed by atoms with van der Waals surface area (Å²) in [5, 5.41) is 7.34. The van der Waals surface area contributed by atoms with E-state index in [1.807, 2.05) is 11.3 Å². The van der Waals surface area contributed by atoms with Gasteiger partial charge in [0.25, 0.3) is 0 Å². The molecule has 2 atom stereocenters. The third-order valence-corrected chi connectivity index (χ3v) is 4.60. The van der Waals surface area contributed by atoms with E-state index in [4.69, 9.17) is 0 Å². The molecule has 2 nitrogen and oxygen atoms in total. The van der Waals surface area contributed by atoms with Crippen molar-refractivity contribution in [2.24, 2.45) is 0 Å². The number of nitrogens with one attached hydrogen (secondary N) is 1. The Morgan fingerprint density at radius 3 is 2.72 bits per heavy atom. The normalized spacial score (nSPS) is 25.7. The number of benzene rings is 1. The van der Waals surface area contributed by atoms with Crippen LogP contribution in [0, 0.1) is 0 Å². The smallest absolute Gasteiger partial charge is 0.0346 e. The van der Waals surface area contributed by atoms with Gasteiger partial charge in [-0.15, -0.1) is 11.3 Å². The van der Waals surface area contributed by atoms with Crippen molar-refractivity contribution in [3.8, 4) is 0 Å². The molecule has 1 fully saturated rings. The molecule has 1 aliphatic heterocycles. The van der Waals surface area contributed by atoms with Gasteiger partial charge in [-0.1, -0.05) is 18.2 Å². The standard InChI is InChI=1S/C15H20N2S/c1-11-7-17(8-12(2)16-11)9-13-10-18-15-6-4-3-5-14(13)15/h3-6,10-12,16H,7-9H2,1-2H3. The molecule has 96 valence electrons. The topological polar surface area (TPSA) is 15.3 Å². The van der Waals surface area contributed by atoms with Crippen molar-refractivity contribution in [1.82, 2.24) is 10.2 Å². The van der Waals surface area contributed by atoms with Crippen molar-refractivity contribution in [1.29, 1.82) is 0 Å². The van der Waals surface area contributed by atoms with Crippen LogP contribution in [0.15, 0.2) is 29.6 Å². The van der Waals surface area contributed by atoms with Crippen LogP contribution in [0.1, 0.15) is 19.4 Å². The molecule has 1 aromatic carbocycles. The van der Waals surface area contributed by atoms with Crippen LogP contribution in [0.5, 0.6) is 0 Å². The highest BCUT2D eigenvalue weighted by atomic mass is 32.1. The first-order chi connectivity index (χ1) is 8.72. The number of nitrogens with zero attached hydrogens (tertiary/aromatic N) is 1. The lowest BCUT2D eigenvalue weighted by Crippen LogP contribution is -2.53. The van der Waals surface area contributed by atoms with Gasteiger partial charge in [-0.2, -0.15) is 0 Å². The van der Waals surface area contributed by atoms with Crippen LogP contribution in [-0.4, -0.2) is 30.1 Å². The van der Waals surface area contributed by atoms with Gasteiger partial charge in [0, 0.05) is 36.4 Å². The highest BCUT2D eigenvalue weighted by molar-refractivity contribution is 7.17. The second kappa shape index (κ2) is 5.00. The van der Waals surface area contributed by atoms with Gasteiger partial charge in [0.15, 0.2) is 0 Å². The van der Waals surface area contributed by atoms with Gasteiger partial charge in [0.1, 0.15) is 0 Å². The Hall–Kier alpha value is -0.900. The number of hydrogen-bond donors (Lipinski definition) is 1. The lowest BCUT2D eigenvalue weighted by atomic mass is 10.1. The Balaban J connectivity index is 1.79. The van der Waals surface area contributed by atoms with Gasteiger partial charge < -0.3 is 5.32 Å². The van der Waals surface area contributed by atoms with E-state index in [1.54, 1.807) is 0 Å². The Morgan fingerprint density at radius 2 is 1.94 bits per heavy atom. The number of fused-ring (bicyclic) bond motifs is 1. The second-order valence-electron chi connectivity index (χ2n) is 5.42. The largest absolute Gasteiger partial charge is 0.309 e. The summed E-state index contributed by atoms with van der Waals surface area (Å²) < 4.78 is 1.41. The van der Waals surface area contributed by atoms with E-state index in [-0.39, 0.29) is 0 Å². The molecular formula is C15H20N2S. The number of hydrogen-bond acceptors (Lipinski definition) is 3. The van der Waals surface area contributed by atoms with E-state index in [0.29, 0.717) is 12.1 Å². The highest BCUT2D eigenvalue weighted by Crippen LogP contribution is 2.27. The first kappa shape index (κ1) is 12.2. The summed E-state index contributed by atoms with van der Waals surface area (Å²) in [7, 11) is 0. The monoisotopic (exact) mass is 260 g/mol. The van der Waals surface area contributed by atoms with Gasteiger partial charge in [0.05, 0.1) is 0 Å². The summed E-state index contributed by atoms with van der Waals surface area (Å²) >= 11 is 1.86. The predicted octanol–water partition coefficient (Wildman–Crippen LogP) is 3.08. The molecule has 2 aromatic rings. The number of piperazine rings is 1. The van der Waals surface area contributed by atoms with Crippen LogP contribution in [0.4, 0.5) is 0 Å². The van der Waals surface area contributed by atoms with E-state index in [9.17, 15) is 0 Å². The molecule has 0 bridgehead atoms. The fraction of sp³-hybridized carbons (Fsp3) is 0.467. The third kappa shape index (κ3) is 2.44. The zero-order valence-electron chi connectivity index (χ0n) is 11.0. The summed E-state index contributed by atoms with van der Waals surface area (Å²) in [6.45, 7) is 7.92. The van der Waals surface area contributed by atoms with Crippen LogP contribution in [-0.2, 0) is 6.54 Å². The maximum absolute atomic E-state index is 3.59. The Bertz CT molecular complexity index is 524. The lowest BCUT2D eigenvalue weighted by molar-refractivity contribution is 0.167. The maximum Gasteiger partial charge on any atom is 0.0346 e. The predicted molar refractivity (Wildman–Crippen MR) is 79.2 cm³/mol. The van der Waals surface area contributed by atoms with Crippen LogP contribution in [0.3, 0.4) is 0 Å². The zero-order valence-corrected chi connectivity index (χ0v) is 11.8. The molecule has 0 radical (unpaired) electrons. The minimum Gasteiger partial charge on any atom is -0.309 e. The van der Waals surface area contributed by atoms with Gasteiger partial charge in [-0.25, -0.2) is 0 Å². The van der Waals surface area contributed by atoms with Crippen LogP contribution in [0.25, 0.3) is 10.1 Å². The van der Waals surface area contributed by atoms with Crippen LogP contribution >= 0.6 is 11.3 Å². The summed E-state index contributed by atoms with van der Waals surface area (Å²) in [6, 6.07) is 9.92. The minimum atomic E-state index is 0.596. The fourth-order valence-electron chi connectivity index (χ4n) is 2.97. The second-order valence-corrected chi connectivity index (χ2v) is 6.33. The summed E-state index contributed by atoms with van der Waals surface area (Å²) in [6.07, 6.45) is 0. The van der Waals surface area contributed by atoms with Crippen molar-refractivity contribution in [2.45, 2.75) is 32.5 Å². The first-order valence-electron chi connectivity index (χ1n) is 6.66. The average Bonchev–Trinajstić information content (AvgIpc) is 2.72. The SMILES string of the molecule is CC1CN(Cc2csc3ccccc23)CC(C)N1. The summed E-state index contributed by atoms with van der Waals surface area (Å²) in [5.41, 5.74) is 1.48. The quantitative estimate of drug-likeness (QED) is 0.892. The van der Waals surface area contributed by atoms with E-state index in [0.717, 1.165) is 19.6 Å². The molecule has 1 aromatic heterocycles. The molecule has 0 aliphatic carbocycles. The van der Waals surface area contributed by atoms with Crippen molar-refractivity contribution in [3.05, 3.63) is 35.2 Å². The summed E-state index contributed by atoms with van der Waals surface area (Å²) in [5.74, 6) is 0. The molecule has 1 aliphatic rings. The molecule has 1 N–H and O–H groups in total. The van der Waals surface area contributed by atoms with E-state index in [2.05, 4.69) is 53.7 Å². The van der Waals surface area contributed by atoms with Gasteiger partial charge >= 0.3 is 0 Å². The molecule has 1 saturated heterocycles. The highest BCUT2D eigenvalue weighted by Gasteiger charge is 2.21. The fourth-order valence-corrected chi connectivity index (χ4v) is 3.92. The van der Waals surface area contributed by atoms with Crippen molar-refractivity contribution in [3.63, 3.8) is 0 Å². The van der Waals surface area contributed by atoms with E-state index >= 15 is 0 Å². The Morgan fingerprint density at radius 1 is 1.22 bits per heavy atom. The van der Waals surface area contributed by atoms with Crippen LogP contribution < -0.4 is 5.32 Å². The summed E-state index contributed by atoms with van der Waals surface area (Å²) in [4.78, 5) is 2.57. The Labute approximate surface area is 113 Å². The Kier molecular flexibility index (Phi) is 3.37. The molecule has 2 heterocycles. The van der Waals surface area contributed by atoms with Crippen molar-refractivity contribution < 1.29 is 0 Å². The first-order valence-corrected chi connectivity index (χ1v) is 7.54. The van der Waals surface area contributed by atoms with Crippen molar-refractivity contribution >= 4 is 21.4 Å². The van der Waals surface area contributed by atoms with E-state index in [1.165, 1.54) is 15.6 Å². The zero-order chi connectivity index (χ0) is 12.5. The van der Waals surface area contributed by atoms with Gasteiger partial charge in [-0.05, 0) is 36.2 Å². The molecule has 18 heavy (non-hydrogen) atoms. The van der Waals surface area contributed by atoms with Crippen LogP contribution in [0.2, 0.25) is 0 Å². The minimum absolute atomic E-state index is 0.596. The molecule has 3 rings (SSSR count). The lowest BCUT2D eigenvalue weighted by Gasteiger charge is -2.36. The maximum atomic E-state index is 3.59. The molecule has 2 unspecified atom stereocenters. The molecular weight excluding hydrogens is 240 g/mol. The van der Waals surface area contributed by atoms with E-state index < -0.39 is 0 Å². The molecule has 0 saturated carbocycles.